The Kier molecular flexibility index (Phi) is 4.72. The van der Waals surface area contributed by atoms with Gasteiger partial charge in [0, 0.05) is 30.9 Å². The molecule has 0 bridgehead atoms. The highest BCUT2D eigenvalue weighted by Crippen LogP contribution is 2.11. The summed E-state index contributed by atoms with van der Waals surface area (Å²) < 4.78 is 13.5. The fourth-order valence-electron chi connectivity index (χ4n) is 1.92. The molecule has 3 nitrogen and oxygen atoms in total. The van der Waals surface area contributed by atoms with E-state index in [0.29, 0.717) is 11.3 Å². The van der Waals surface area contributed by atoms with Gasteiger partial charge in [-0.3, -0.25) is 4.79 Å². The van der Waals surface area contributed by atoms with Crippen LogP contribution in [0.4, 0.5) is 10.1 Å². The van der Waals surface area contributed by atoms with Gasteiger partial charge in [-0.2, -0.15) is 0 Å². The van der Waals surface area contributed by atoms with E-state index in [2.05, 4.69) is 0 Å². The van der Waals surface area contributed by atoms with Crippen molar-refractivity contribution >= 4 is 17.7 Å². The molecular formula is C17H17FN2O. The Morgan fingerprint density at radius 3 is 2.71 bits per heavy atom. The number of anilines is 1. The quantitative estimate of drug-likeness (QED) is 0.692. The van der Waals surface area contributed by atoms with Crippen LogP contribution < -0.4 is 5.73 Å². The molecule has 2 aromatic carbocycles. The Bertz CT molecular complexity index is 667. The van der Waals surface area contributed by atoms with Crippen molar-refractivity contribution in [2.45, 2.75) is 6.54 Å². The zero-order valence-electron chi connectivity index (χ0n) is 11.8. The molecule has 108 valence electrons. The van der Waals surface area contributed by atoms with Gasteiger partial charge < -0.3 is 10.6 Å². The number of nitrogens with zero attached hydrogens (tertiary/aromatic N) is 1. The first-order chi connectivity index (χ1) is 10.1. The van der Waals surface area contributed by atoms with E-state index in [-0.39, 0.29) is 18.3 Å². The van der Waals surface area contributed by atoms with Gasteiger partial charge in [0.15, 0.2) is 0 Å². The first kappa shape index (κ1) is 14.8. The number of amides is 1. The first-order valence-corrected chi connectivity index (χ1v) is 6.58. The number of hydrogen-bond acceptors (Lipinski definition) is 2. The van der Waals surface area contributed by atoms with Gasteiger partial charge in [0.05, 0.1) is 0 Å². The predicted octanol–water partition coefficient (Wildman–Crippen LogP) is 3.08. The molecular weight excluding hydrogens is 267 g/mol. The molecule has 0 spiro atoms. The van der Waals surface area contributed by atoms with Crippen LogP contribution in [0.2, 0.25) is 0 Å². The molecule has 0 saturated heterocycles. The normalized spacial score (nSPS) is 10.8. The van der Waals surface area contributed by atoms with Crippen molar-refractivity contribution in [1.82, 2.24) is 4.90 Å². The maximum atomic E-state index is 13.5. The predicted molar refractivity (Wildman–Crippen MR) is 82.8 cm³/mol. The van der Waals surface area contributed by atoms with Crippen molar-refractivity contribution < 1.29 is 9.18 Å². The van der Waals surface area contributed by atoms with Crippen molar-refractivity contribution in [3.8, 4) is 0 Å². The summed E-state index contributed by atoms with van der Waals surface area (Å²) in [6, 6.07) is 13.7. The second-order valence-electron chi connectivity index (χ2n) is 4.79. The van der Waals surface area contributed by atoms with Crippen LogP contribution in [0.15, 0.2) is 54.6 Å². The summed E-state index contributed by atoms with van der Waals surface area (Å²) in [4.78, 5) is 13.5. The van der Waals surface area contributed by atoms with Crippen LogP contribution in [0.5, 0.6) is 0 Å². The molecule has 2 aromatic rings. The zero-order valence-corrected chi connectivity index (χ0v) is 11.8. The van der Waals surface area contributed by atoms with Gasteiger partial charge in [0.2, 0.25) is 5.91 Å². The lowest BCUT2D eigenvalue weighted by Crippen LogP contribution is -2.24. The zero-order chi connectivity index (χ0) is 15.2. The standard InChI is InChI=1S/C17H17FN2O/c1-20(12-14-6-2-3-8-16(14)18)17(21)10-9-13-5-4-7-15(19)11-13/h2-11H,12,19H2,1H3/b10-9+. The number of halogens is 1. The second-order valence-corrected chi connectivity index (χ2v) is 4.79. The Labute approximate surface area is 123 Å². The van der Waals surface area contributed by atoms with E-state index < -0.39 is 0 Å². The lowest BCUT2D eigenvalue weighted by atomic mass is 10.2. The number of carbonyl (C=O) groups is 1. The van der Waals surface area contributed by atoms with E-state index >= 15 is 0 Å². The minimum atomic E-state index is -0.308. The number of likely N-dealkylation sites (N-methyl/N-ethyl adjacent to an activating group) is 1. The minimum absolute atomic E-state index is 0.194. The fourth-order valence-corrected chi connectivity index (χ4v) is 1.92. The largest absolute Gasteiger partial charge is 0.399 e. The van der Waals surface area contributed by atoms with Gasteiger partial charge >= 0.3 is 0 Å². The van der Waals surface area contributed by atoms with Crippen LogP contribution in [0, 0.1) is 5.82 Å². The molecule has 0 aliphatic rings. The Hall–Kier alpha value is -2.62. The van der Waals surface area contributed by atoms with Crippen molar-refractivity contribution in [2.24, 2.45) is 0 Å². The summed E-state index contributed by atoms with van der Waals surface area (Å²) in [5, 5.41) is 0. The Balaban J connectivity index is 2.01. The fraction of sp³-hybridized carbons (Fsp3) is 0.118. The number of hydrogen-bond donors (Lipinski definition) is 1. The van der Waals surface area contributed by atoms with E-state index in [1.807, 2.05) is 12.1 Å². The monoisotopic (exact) mass is 284 g/mol. The molecule has 0 aliphatic heterocycles. The highest BCUT2D eigenvalue weighted by molar-refractivity contribution is 5.91. The molecule has 0 aliphatic carbocycles. The van der Waals surface area contributed by atoms with Crippen molar-refractivity contribution in [1.29, 1.82) is 0 Å². The SMILES string of the molecule is CN(Cc1ccccc1F)C(=O)/C=C/c1cccc(N)c1. The molecule has 1 amide bonds. The average Bonchev–Trinajstić information content (AvgIpc) is 2.47. The van der Waals surface area contributed by atoms with Gasteiger partial charge in [-0.05, 0) is 29.8 Å². The highest BCUT2D eigenvalue weighted by atomic mass is 19.1. The maximum absolute atomic E-state index is 13.5. The molecule has 0 saturated carbocycles. The number of benzene rings is 2. The average molecular weight is 284 g/mol. The summed E-state index contributed by atoms with van der Waals surface area (Å²) >= 11 is 0. The molecule has 0 unspecified atom stereocenters. The summed E-state index contributed by atoms with van der Waals surface area (Å²) in [5.74, 6) is -0.502. The number of nitrogen functional groups attached to an aromatic ring is 1. The van der Waals surface area contributed by atoms with Gasteiger partial charge in [0.1, 0.15) is 5.82 Å². The second kappa shape index (κ2) is 6.70. The van der Waals surface area contributed by atoms with E-state index in [0.717, 1.165) is 5.56 Å². The Morgan fingerprint density at radius 1 is 1.24 bits per heavy atom. The molecule has 0 aromatic heterocycles. The third kappa shape index (κ3) is 4.18. The van der Waals surface area contributed by atoms with Gasteiger partial charge in [-0.25, -0.2) is 4.39 Å². The smallest absolute Gasteiger partial charge is 0.246 e. The number of carbonyl (C=O) groups excluding carboxylic acids is 1. The molecule has 2 rings (SSSR count). The van der Waals surface area contributed by atoms with Crippen molar-refractivity contribution in [3.63, 3.8) is 0 Å². The summed E-state index contributed by atoms with van der Waals surface area (Å²) in [7, 11) is 1.64. The topological polar surface area (TPSA) is 46.3 Å². The van der Waals surface area contributed by atoms with Crippen LogP contribution in [-0.4, -0.2) is 17.9 Å². The lowest BCUT2D eigenvalue weighted by Gasteiger charge is -2.15. The van der Waals surface area contributed by atoms with Crippen molar-refractivity contribution in [3.05, 3.63) is 71.6 Å². The van der Waals surface area contributed by atoms with E-state index in [1.54, 1.807) is 43.5 Å². The molecule has 0 heterocycles. The summed E-state index contributed by atoms with van der Waals surface area (Å²) in [5.41, 5.74) is 7.66. The first-order valence-electron chi connectivity index (χ1n) is 6.58. The molecule has 21 heavy (non-hydrogen) atoms. The molecule has 2 N–H and O–H groups in total. The molecule has 0 atom stereocenters. The third-order valence-corrected chi connectivity index (χ3v) is 3.07. The van der Waals surface area contributed by atoms with E-state index in [1.165, 1.54) is 17.0 Å². The van der Waals surface area contributed by atoms with E-state index in [4.69, 9.17) is 5.73 Å². The van der Waals surface area contributed by atoms with E-state index in [9.17, 15) is 9.18 Å². The Morgan fingerprint density at radius 2 is 2.00 bits per heavy atom. The summed E-state index contributed by atoms with van der Waals surface area (Å²) in [6.45, 7) is 0.229. The van der Waals surface area contributed by atoms with Gasteiger partial charge in [0.25, 0.3) is 0 Å². The molecule has 0 radical (unpaired) electrons. The molecule has 4 heteroatoms. The maximum Gasteiger partial charge on any atom is 0.246 e. The van der Waals surface area contributed by atoms with Crippen molar-refractivity contribution in [2.75, 3.05) is 12.8 Å². The third-order valence-electron chi connectivity index (χ3n) is 3.07. The van der Waals surface area contributed by atoms with Gasteiger partial charge in [-0.15, -0.1) is 0 Å². The van der Waals surface area contributed by atoms with Crippen LogP contribution in [0.25, 0.3) is 6.08 Å². The van der Waals surface area contributed by atoms with Crippen LogP contribution >= 0.6 is 0 Å². The minimum Gasteiger partial charge on any atom is -0.399 e. The highest BCUT2D eigenvalue weighted by Gasteiger charge is 2.08. The van der Waals surface area contributed by atoms with Crippen LogP contribution in [0.3, 0.4) is 0 Å². The number of rotatable bonds is 4. The number of nitrogens with two attached hydrogens (primary N) is 1. The van der Waals surface area contributed by atoms with Gasteiger partial charge in [-0.1, -0.05) is 30.3 Å². The van der Waals surface area contributed by atoms with Crippen LogP contribution in [-0.2, 0) is 11.3 Å². The lowest BCUT2D eigenvalue weighted by molar-refractivity contribution is -0.125. The van der Waals surface area contributed by atoms with Crippen LogP contribution in [0.1, 0.15) is 11.1 Å². The summed E-state index contributed by atoms with van der Waals surface area (Å²) in [6.07, 6.45) is 3.15. The molecule has 0 fully saturated rings.